The van der Waals surface area contributed by atoms with Crippen LogP contribution in [0, 0.1) is 3.57 Å². The highest BCUT2D eigenvalue weighted by atomic mass is 127. The number of amides is 1. The Kier molecular flexibility index (Phi) is 4.04. The molecule has 2 unspecified atom stereocenters. The molecule has 0 saturated carbocycles. The zero-order valence-corrected chi connectivity index (χ0v) is 12.2. The highest BCUT2D eigenvalue weighted by Crippen LogP contribution is 2.20. The molecule has 1 aromatic carbocycles. The lowest BCUT2D eigenvalue weighted by Crippen LogP contribution is -2.41. The lowest BCUT2D eigenvalue weighted by molar-refractivity contribution is 0.0574. The van der Waals surface area contributed by atoms with Gasteiger partial charge in [0.15, 0.2) is 0 Å². The molecule has 0 radical (unpaired) electrons. The molecule has 1 heterocycles. The summed E-state index contributed by atoms with van der Waals surface area (Å²) < 4.78 is 6.58. The maximum atomic E-state index is 12.3. The first-order valence-corrected chi connectivity index (χ1v) is 6.82. The fourth-order valence-electron chi connectivity index (χ4n) is 2.20. The topological polar surface area (TPSA) is 29.5 Å². The fraction of sp³-hybridized carbons (Fsp3) is 0.462. The Morgan fingerprint density at radius 1 is 1.53 bits per heavy atom. The van der Waals surface area contributed by atoms with Gasteiger partial charge in [0.25, 0.3) is 5.91 Å². The first kappa shape index (κ1) is 12.8. The lowest BCUT2D eigenvalue weighted by Gasteiger charge is -2.26. The average Bonchev–Trinajstić information content (AvgIpc) is 2.73. The Morgan fingerprint density at radius 3 is 2.88 bits per heavy atom. The van der Waals surface area contributed by atoms with E-state index in [-0.39, 0.29) is 18.1 Å². The molecule has 1 aliphatic rings. The third-order valence-corrected chi connectivity index (χ3v) is 3.90. The van der Waals surface area contributed by atoms with E-state index < -0.39 is 0 Å². The van der Waals surface area contributed by atoms with E-state index >= 15 is 0 Å². The van der Waals surface area contributed by atoms with Gasteiger partial charge in [-0.3, -0.25) is 4.79 Å². The van der Waals surface area contributed by atoms with Crippen LogP contribution in [0.15, 0.2) is 24.3 Å². The predicted molar refractivity (Wildman–Crippen MR) is 75.1 cm³/mol. The first-order chi connectivity index (χ1) is 8.09. The van der Waals surface area contributed by atoms with Gasteiger partial charge in [-0.05, 0) is 54.1 Å². The molecule has 1 aliphatic heterocycles. The molecule has 1 amide bonds. The van der Waals surface area contributed by atoms with Crippen molar-refractivity contribution in [3.8, 4) is 0 Å². The molecule has 3 nitrogen and oxygen atoms in total. The van der Waals surface area contributed by atoms with Gasteiger partial charge >= 0.3 is 0 Å². The van der Waals surface area contributed by atoms with Gasteiger partial charge in [0.1, 0.15) is 0 Å². The monoisotopic (exact) mass is 345 g/mol. The molecule has 0 aromatic heterocycles. The van der Waals surface area contributed by atoms with E-state index in [0.717, 1.165) is 22.2 Å². The van der Waals surface area contributed by atoms with Crippen molar-refractivity contribution in [2.45, 2.75) is 25.5 Å². The molecule has 2 rings (SSSR count). The first-order valence-electron chi connectivity index (χ1n) is 5.74. The molecule has 0 bridgehead atoms. The van der Waals surface area contributed by atoms with E-state index in [1.165, 1.54) is 0 Å². The van der Waals surface area contributed by atoms with Gasteiger partial charge < -0.3 is 9.64 Å². The van der Waals surface area contributed by atoms with Crippen LogP contribution in [-0.2, 0) is 4.74 Å². The molecule has 4 heteroatoms. The number of hydrogen-bond donors (Lipinski definition) is 0. The van der Waals surface area contributed by atoms with Crippen LogP contribution < -0.4 is 0 Å². The van der Waals surface area contributed by atoms with Crippen molar-refractivity contribution in [2.24, 2.45) is 0 Å². The van der Waals surface area contributed by atoms with Crippen LogP contribution in [0.3, 0.4) is 0 Å². The molecule has 1 aromatic rings. The summed E-state index contributed by atoms with van der Waals surface area (Å²) in [5.74, 6) is 0.0749. The number of carbonyl (C=O) groups excluding carboxylic acids is 1. The van der Waals surface area contributed by atoms with Gasteiger partial charge in [-0.15, -0.1) is 0 Å². The summed E-state index contributed by atoms with van der Waals surface area (Å²) in [6.45, 7) is 2.77. The molecular formula is C13H16INO2. The van der Waals surface area contributed by atoms with Gasteiger partial charge in [0, 0.05) is 22.8 Å². The van der Waals surface area contributed by atoms with Gasteiger partial charge in [-0.1, -0.05) is 6.07 Å². The van der Waals surface area contributed by atoms with Crippen LogP contribution in [0.1, 0.15) is 23.7 Å². The molecular weight excluding hydrogens is 329 g/mol. The Balaban J connectivity index is 2.14. The Hall–Kier alpha value is -0.620. The van der Waals surface area contributed by atoms with E-state index in [9.17, 15) is 4.79 Å². The van der Waals surface area contributed by atoms with Crippen molar-refractivity contribution in [1.29, 1.82) is 0 Å². The predicted octanol–water partition coefficient (Wildman–Crippen LogP) is 2.54. The minimum atomic E-state index is 0.0749. The van der Waals surface area contributed by atoms with E-state index in [1.54, 1.807) is 0 Å². The third-order valence-electron chi connectivity index (χ3n) is 3.23. The normalized spacial score (nSPS) is 23.7. The van der Waals surface area contributed by atoms with Crippen LogP contribution in [-0.4, -0.2) is 36.6 Å². The summed E-state index contributed by atoms with van der Waals surface area (Å²) in [5.41, 5.74) is 0.749. The molecule has 17 heavy (non-hydrogen) atoms. The standard InChI is InChI=1S/C13H16INO2/c1-9-12(6-7-17-9)15(2)13(16)10-4-3-5-11(14)8-10/h3-5,8-9,12H,6-7H2,1-2H3. The summed E-state index contributed by atoms with van der Waals surface area (Å²) in [4.78, 5) is 14.1. The second kappa shape index (κ2) is 5.35. The molecule has 0 spiro atoms. The summed E-state index contributed by atoms with van der Waals surface area (Å²) >= 11 is 2.22. The molecule has 0 N–H and O–H groups in total. The second-order valence-corrected chi connectivity index (χ2v) is 5.60. The Morgan fingerprint density at radius 2 is 2.29 bits per heavy atom. The van der Waals surface area contributed by atoms with Crippen molar-refractivity contribution >= 4 is 28.5 Å². The van der Waals surface area contributed by atoms with Crippen LogP contribution in [0.4, 0.5) is 0 Å². The van der Waals surface area contributed by atoms with E-state index in [2.05, 4.69) is 22.6 Å². The Labute approximate surface area is 115 Å². The molecule has 1 fully saturated rings. The van der Waals surface area contributed by atoms with Crippen LogP contribution in [0.25, 0.3) is 0 Å². The maximum absolute atomic E-state index is 12.3. The van der Waals surface area contributed by atoms with Gasteiger partial charge in [0.2, 0.25) is 0 Å². The zero-order valence-electron chi connectivity index (χ0n) is 10.0. The number of rotatable bonds is 2. The number of carbonyl (C=O) groups is 1. The Bertz CT molecular complexity index is 422. The number of hydrogen-bond acceptors (Lipinski definition) is 2. The van der Waals surface area contributed by atoms with Crippen LogP contribution >= 0.6 is 22.6 Å². The van der Waals surface area contributed by atoms with Gasteiger partial charge in [0.05, 0.1) is 12.1 Å². The van der Waals surface area contributed by atoms with Gasteiger partial charge in [-0.2, -0.15) is 0 Å². The highest BCUT2D eigenvalue weighted by Gasteiger charge is 2.30. The molecule has 1 saturated heterocycles. The molecule has 0 aliphatic carbocycles. The van der Waals surface area contributed by atoms with Crippen LogP contribution in [0.5, 0.6) is 0 Å². The van der Waals surface area contributed by atoms with Crippen LogP contribution in [0.2, 0.25) is 0 Å². The zero-order chi connectivity index (χ0) is 12.4. The van der Waals surface area contributed by atoms with E-state index in [4.69, 9.17) is 4.74 Å². The van der Waals surface area contributed by atoms with E-state index in [0.29, 0.717) is 0 Å². The molecule has 92 valence electrons. The highest BCUT2D eigenvalue weighted by molar-refractivity contribution is 14.1. The number of likely N-dealkylation sites (N-methyl/N-ethyl adjacent to an activating group) is 1. The SMILES string of the molecule is CC1OCCC1N(C)C(=O)c1cccc(I)c1. The smallest absolute Gasteiger partial charge is 0.253 e. The number of ether oxygens (including phenoxy) is 1. The third kappa shape index (κ3) is 2.80. The number of benzene rings is 1. The summed E-state index contributed by atoms with van der Waals surface area (Å²) in [5, 5.41) is 0. The fourth-order valence-corrected chi connectivity index (χ4v) is 2.75. The maximum Gasteiger partial charge on any atom is 0.253 e. The number of nitrogens with zero attached hydrogens (tertiary/aromatic N) is 1. The second-order valence-electron chi connectivity index (χ2n) is 4.36. The minimum Gasteiger partial charge on any atom is -0.376 e. The summed E-state index contributed by atoms with van der Waals surface area (Å²) in [6, 6.07) is 7.87. The number of halogens is 1. The minimum absolute atomic E-state index is 0.0749. The quantitative estimate of drug-likeness (QED) is 0.771. The van der Waals surface area contributed by atoms with Crippen molar-refractivity contribution < 1.29 is 9.53 Å². The lowest BCUT2D eigenvalue weighted by atomic mass is 10.1. The van der Waals surface area contributed by atoms with Crippen molar-refractivity contribution in [3.05, 3.63) is 33.4 Å². The summed E-state index contributed by atoms with van der Waals surface area (Å²) in [7, 11) is 1.86. The van der Waals surface area contributed by atoms with Gasteiger partial charge in [-0.25, -0.2) is 0 Å². The van der Waals surface area contributed by atoms with Crippen molar-refractivity contribution in [3.63, 3.8) is 0 Å². The van der Waals surface area contributed by atoms with E-state index in [1.807, 2.05) is 43.1 Å². The molecule has 2 atom stereocenters. The summed E-state index contributed by atoms with van der Waals surface area (Å²) in [6.07, 6.45) is 1.06. The largest absolute Gasteiger partial charge is 0.376 e. The average molecular weight is 345 g/mol. The van der Waals surface area contributed by atoms with Crippen molar-refractivity contribution in [1.82, 2.24) is 4.90 Å². The van der Waals surface area contributed by atoms with Crippen molar-refractivity contribution in [2.75, 3.05) is 13.7 Å².